The van der Waals surface area contributed by atoms with E-state index in [2.05, 4.69) is 4.74 Å². The normalized spacial score (nSPS) is 28.9. The van der Waals surface area contributed by atoms with Gasteiger partial charge in [0.15, 0.2) is 6.29 Å². The second-order valence-electron chi connectivity index (χ2n) is 7.02. The Bertz CT molecular complexity index is 547. The summed E-state index contributed by atoms with van der Waals surface area (Å²) in [6, 6.07) is 0. The summed E-state index contributed by atoms with van der Waals surface area (Å²) in [4.78, 5) is 34.4. The molecule has 1 saturated heterocycles. The Morgan fingerprint density at radius 2 is 2.15 bits per heavy atom. The first-order valence-electron chi connectivity index (χ1n) is 9.79. The van der Waals surface area contributed by atoms with Crippen LogP contribution in [0.5, 0.6) is 0 Å². The third-order valence-electron chi connectivity index (χ3n) is 5.12. The Labute approximate surface area is 160 Å². The van der Waals surface area contributed by atoms with E-state index in [4.69, 9.17) is 9.47 Å². The van der Waals surface area contributed by atoms with E-state index in [1.807, 2.05) is 12.2 Å². The van der Waals surface area contributed by atoms with Crippen molar-refractivity contribution < 1.29 is 28.6 Å². The van der Waals surface area contributed by atoms with Crippen molar-refractivity contribution in [1.29, 1.82) is 0 Å². The lowest BCUT2D eigenvalue weighted by Crippen LogP contribution is -2.30. The Morgan fingerprint density at radius 3 is 2.85 bits per heavy atom. The van der Waals surface area contributed by atoms with Crippen molar-refractivity contribution in [1.82, 2.24) is 0 Å². The van der Waals surface area contributed by atoms with Crippen LogP contribution < -0.4 is 0 Å². The van der Waals surface area contributed by atoms with Gasteiger partial charge in [0.1, 0.15) is 12.1 Å². The number of carbonyl (C=O) groups is 3. The number of hydrogen-bond donors (Lipinski definition) is 0. The average Bonchev–Trinajstić information content (AvgIpc) is 2.97. The number of carbonyl (C=O) groups excluding carboxylic acids is 3. The van der Waals surface area contributed by atoms with Crippen LogP contribution in [0.4, 0.5) is 0 Å². The molecule has 0 aromatic carbocycles. The molecule has 150 valence electrons. The monoisotopic (exact) mass is 378 g/mol. The molecule has 0 aromatic rings. The summed E-state index contributed by atoms with van der Waals surface area (Å²) in [5.41, 5.74) is 0. The average molecular weight is 378 g/mol. The van der Waals surface area contributed by atoms with Crippen LogP contribution >= 0.6 is 0 Å². The van der Waals surface area contributed by atoms with E-state index in [0.717, 1.165) is 38.4 Å². The highest BCUT2D eigenvalue weighted by Crippen LogP contribution is 2.36. The first-order valence-corrected chi connectivity index (χ1v) is 9.79. The Hall–Kier alpha value is -1.79. The fourth-order valence-corrected chi connectivity index (χ4v) is 3.66. The van der Waals surface area contributed by atoms with Gasteiger partial charge < -0.3 is 14.2 Å². The number of ketones is 1. The highest BCUT2D eigenvalue weighted by Gasteiger charge is 2.42. The number of aldehydes is 1. The molecule has 0 bridgehead atoms. The molecular weight excluding hydrogens is 348 g/mol. The molecule has 2 aliphatic rings. The Kier molecular flexibility index (Phi) is 9.42. The summed E-state index contributed by atoms with van der Waals surface area (Å²) in [6.07, 6.45) is 13.3. The van der Waals surface area contributed by atoms with Gasteiger partial charge in [0.2, 0.25) is 0 Å². The molecule has 1 heterocycles. The third kappa shape index (κ3) is 7.03. The number of Topliss-reactive ketones (excluding diaryl/α,β-unsaturated/α-hetero) is 1. The van der Waals surface area contributed by atoms with Crippen molar-refractivity contribution in [3.8, 4) is 0 Å². The smallest absolute Gasteiger partial charge is 0.305 e. The molecule has 6 nitrogen and oxygen atoms in total. The zero-order valence-electron chi connectivity index (χ0n) is 16.0. The van der Waals surface area contributed by atoms with Gasteiger partial charge in [-0.3, -0.25) is 14.4 Å². The molecule has 0 spiro atoms. The minimum Gasteiger partial charge on any atom is -0.469 e. The molecule has 4 atom stereocenters. The molecular formula is C21H30O6. The molecule has 1 saturated carbocycles. The standard InChI is InChI=1S/C21H30O6/c1-25-20(24)11-5-3-2-4-9-16-17(10-8-13-22)19(15-18(16)23)27-21-12-6-7-14-26-21/h2,4,8,10,13,16-17,19,21H,3,5-7,9,11-12,14-15H2,1H3/b4-2?,10-8-/t16-,17-,19-,21?/m1/s1. The Balaban J connectivity index is 1.88. The van der Waals surface area contributed by atoms with E-state index in [1.165, 1.54) is 13.2 Å². The van der Waals surface area contributed by atoms with E-state index < -0.39 is 0 Å². The molecule has 2 rings (SSSR count). The van der Waals surface area contributed by atoms with Gasteiger partial charge in [-0.25, -0.2) is 0 Å². The molecule has 0 amide bonds. The molecule has 1 unspecified atom stereocenters. The minimum atomic E-state index is -0.253. The second kappa shape index (κ2) is 11.8. The van der Waals surface area contributed by atoms with E-state index in [9.17, 15) is 14.4 Å². The SMILES string of the molecule is COC(=O)CCCC=CC[C@H]1C(=O)C[C@@H](OC2CCCCO2)[C@@H]1/C=C\C=O. The van der Waals surface area contributed by atoms with Crippen LogP contribution in [0, 0.1) is 11.8 Å². The van der Waals surface area contributed by atoms with Crippen LogP contribution in [0.1, 0.15) is 51.4 Å². The summed E-state index contributed by atoms with van der Waals surface area (Å²) in [6.45, 7) is 0.692. The predicted molar refractivity (Wildman–Crippen MR) is 99.9 cm³/mol. The van der Waals surface area contributed by atoms with Gasteiger partial charge in [0, 0.05) is 31.3 Å². The zero-order chi connectivity index (χ0) is 19.5. The number of esters is 1. The van der Waals surface area contributed by atoms with Gasteiger partial charge >= 0.3 is 5.97 Å². The number of methoxy groups -OCH3 is 1. The third-order valence-corrected chi connectivity index (χ3v) is 5.12. The number of hydrogen-bond acceptors (Lipinski definition) is 6. The van der Waals surface area contributed by atoms with E-state index in [1.54, 1.807) is 6.08 Å². The fourth-order valence-electron chi connectivity index (χ4n) is 3.66. The molecule has 6 heteroatoms. The summed E-state index contributed by atoms with van der Waals surface area (Å²) in [5.74, 6) is -0.353. The largest absolute Gasteiger partial charge is 0.469 e. The van der Waals surface area contributed by atoms with Crippen LogP contribution in [-0.4, -0.2) is 44.1 Å². The van der Waals surface area contributed by atoms with Gasteiger partial charge in [-0.1, -0.05) is 18.2 Å². The van der Waals surface area contributed by atoms with Gasteiger partial charge in [-0.2, -0.15) is 0 Å². The number of unbranched alkanes of at least 4 members (excludes halogenated alkanes) is 1. The topological polar surface area (TPSA) is 78.9 Å². The van der Waals surface area contributed by atoms with Crippen LogP contribution in [0.3, 0.4) is 0 Å². The van der Waals surface area contributed by atoms with Gasteiger partial charge in [0.25, 0.3) is 0 Å². The van der Waals surface area contributed by atoms with Gasteiger partial charge in [-0.05, 0) is 44.6 Å². The van der Waals surface area contributed by atoms with Crippen LogP contribution in [-0.2, 0) is 28.6 Å². The predicted octanol–water partition coefficient (Wildman–Crippen LogP) is 3.15. The quantitative estimate of drug-likeness (QED) is 0.191. The Morgan fingerprint density at radius 1 is 1.30 bits per heavy atom. The number of allylic oxidation sites excluding steroid dienone is 3. The van der Waals surface area contributed by atoms with Crippen LogP contribution in [0.15, 0.2) is 24.3 Å². The molecule has 0 radical (unpaired) electrons. The summed E-state index contributed by atoms with van der Waals surface area (Å²) in [5, 5.41) is 0. The summed E-state index contributed by atoms with van der Waals surface area (Å²) >= 11 is 0. The van der Waals surface area contributed by atoms with Crippen molar-refractivity contribution in [2.45, 2.75) is 63.8 Å². The van der Waals surface area contributed by atoms with Crippen molar-refractivity contribution in [3.05, 3.63) is 24.3 Å². The number of rotatable bonds is 10. The molecule has 0 aromatic heterocycles. The summed E-state index contributed by atoms with van der Waals surface area (Å²) < 4.78 is 16.3. The maximum absolute atomic E-state index is 12.5. The van der Waals surface area contributed by atoms with Crippen molar-refractivity contribution >= 4 is 18.0 Å². The molecule has 1 aliphatic heterocycles. The highest BCUT2D eigenvalue weighted by molar-refractivity contribution is 5.85. The molecule has 27 heavy (non-hydrogen) atoms. The zero-order valence-corrected chi connectivity index (χ0v) is 16.0. The van der Waals surface area contributed by atoms with Gasteiger partial charge in [-0.15, -0.1) is 0 Å². The van der Waals surface area contributed by atoms with E-state index in [-0.39, 0.29) is 36.0 Å². The highest BCUT2D eigenvalue weighted by atomic mass is 16.7. The lowest BCUT2D eigenvalue weighted by Gasteiger charge is -2.28. The van der Waals surface area contributed by atoms with Crippen LogP contribution in [0.2, 0.25) is 0 Å². The van der Waals surface area contributed by atoms with Crippen LogP contribution in [0.25, 0.3) is 0 Å². The fraction of sp³-hybridized carbons (Fsp3) is 0.667. The molecule has 0 N–H and O–H groups in total. The van der Waals surface area contributed by atoms with Crippen molar-refractivity contribution in [2.24, 2.45) is 11.8 Å². The first kappa shape index (κ1) is 21.5. The lowest BCUT2D eigenvalue weighted by molar-refractivity contribution is -0.192. The molecule has 1 aliphatic carbocycles. The van der Waals surface area contributed by atoms with Crippen molar-refractivity contribution in [3.63, 3.8) is 0 Å². The maximum Gasteiger partial charge on any atom is 0.305 e. The van der Waals surface area contributed by atoms with E-state index in [0.29, 0.717) is 25.9 Å². The maximum atomic E-state index is 12.5. The summed E-state index contributed by atoms with van der Waals surface area (Å²) in [7, 11) is 1.38. The second-order valence-corrected chi connectivity index (χ2v) is 7.02. The van der Waals surface area contributed by atoms with E-state index >= 15 is 0 Å². The molecule has 2 fully saturated rings. The number of ether oxygens (including phenoxy) is 3. The van der Waals surface area contributed by atoms with Crippen molar-refractivity contribution in [2.75, 3.05) is 13.7 Å². The first-order chi connectivity index (χ1) is 13.2. The lowest BCUT2D eigenvalue weighted by atomic mass is 9.90. The van der Waals surface area contributed by atoms with Gasteiger partial charge in [0.05, 0.1) is 13.2 Å². The minimum absolute atomic E-state index is 0.118.